The average Bonchev–Trinajstić information content (AvgIpc) is 2.64. The molecule has 0 saturated carbocycles. The number of halogens is 1. The highest BCUT2D eigenvalue weighted by Crippen LogP contribution is 2.25. The van der Waals surface area contributed by atoms with E-state index in [1.54, 1.807) is 0 Å². The normalized spacial score (nSPS) is 11.2. The monoisotopic (exact) mass is 237 g/mol. The summed E-state index contributed by atoms with van der Waals surface area (Å²) in [5.74, 6) is 0. The zero-order chi connectivity index (χ0) is 11.5. The van der Waals surface area contributed by atoms with E-state index in [4.69, 9.17) is 11.6 Å². The van der Waals surface area contributed by atoms with Crippen LogP contribution >= 0.6 is 11.6 Å². The maximum atomic E-state index is 9.30. The Bertz CT molecular complexity index is 490. The minimum absolute atomic E-state index is 0.0806. The van der Waals surface area contributed by atoms with Gasteiger partial charge in [-0.15, -0.1) is 0 Å². The van der Waals surface area contributed by atoms with Gasteiger partial charge in [0.25, 0.3) is 0 Å². The molecule has 16 heavy (non-hydrogen) atoms. The summed E-state index contributed by atoms with van der Waals surface area (Å²) in [6.07, 6.45) is 4.33. The Labute approximate surface area is 100 Å². The highest BCUT2D eigenvalue weighted by Gasteiger charge is 2.07. The molecule has 0 amide bonds. The third kappa shape index (κ3) is 2.08. The van der Waals surface area contributed by atoms with Crippen molar-refractivity contribution in [1.82, 2.24) is 4.57 Å². The smallest absolute Gasteiger partial charge is 0.0702 e. The van der Waals surface area contributed by atoms with Crippen LogP contribution in [-0.4, -0.2) is 9.67 Å². The summed E-state index contributed by atoms with van der Waals surface area (Å²) in [5, 5.41) is 11.1. The quantitative estimate of drug-likeness (QED) is 0.864. The van der Waals surface area contributed by atoms with E-state index < -0.39 is 0 Å². The number of aliphatic hydroxyl groups excluding tert-OH is 1. The first-order valence-corrected chi connectivity index (χ1v) is 6.02. The number of benzene rings is 1. The molecule has 3 heteroatoms. The molecule has 1 N–H and O–H groups in total. The predicted octanol–water partition coefficient (Wildman–Crippen LogP) is 3.59. The number of aromatic nitrogens is 1. The Morgan fingerprint density at radius 2 is 2.19 bits per heavy atom. The lowest BCUT2D eigenvalue weighted by Gasteiger charge is -2.03. The molecule has 0 aliphatic heterocycles. The third-order valence-electron chi connectivity index (χ3n) is 2.85. The lowest BCUT2D eigenvalue weighted by molar-refractivity contribution is 0.283. The third-order valence-corrected chi connectivity index (χ3v) is 3.08. The maximum Gasteiger partial charge on any atom is 0.0702 e. The first-order chi connectivity index (χ1) is 7.76. The van der Waals surface area contributed by atoms with E-state index >= 15 is 0 Å². The van der Waals surface area contributed by atoms with Gasteiger partial charge in [0.2, 0.25) is 0 Å². The minimum Gasteiger partial charge on any atom is -0.392 e. The summed E-state index contributed by atoms with van der Waals surface area (Å²) in [6.45, 7) is 3.23. The molecule has 0 aliphatic rings. The topological polar surface area (TPSA) is 25.2 Å². The maximum absolute atomic E-state index is 9.30. The second-order valence-corrected chi connectivity index (χ2v) is 4.46. The Hall–Kier alpha value is -0.990. The fraction of sp³-hybridized carbons (Fsp3) is 0.385. The lowest BCUT2D eigenvalue weighted by atomic mass is 10.2. The van der Waals surface area contributed by atoms with Crippen molar-refractivity contribution in [3.8, 4) is 0 Å². The number of hydrogen-bond donors (Lipinski definition) is 1. The summed E-state index contributed by atoms with van der Waals surface area (Å²) in [5.41, 5.74) is 2.09. The number of unbranched alkanes of at least 4 members (excludes halogenated alkanes) is 1. The molecule has 1 heterocycles. The Balaban J connectivity index is 2.50. The zero-order valence-corrected chi connectivity index (χ0v) is 10.2. The molecule has 86 valence electrons. The Morgan fingerprint density at radius 3 is 2.88 bits per heavy atom. The predicted molar refractivity (Wildman–Crippen MR) is 67.8 cm³/mol. The molecule has 0 spiro atoms. The number of hydrogen-bond acceptors (Lipinski definition) is 1. The van der Waals surface area contributed by atoms with Crippen molar-refractivity contribution >= 4 is 22.5 Å². The molecule has 0 bridgehead atoms. The van der Waals surface area contributed by atoms with Crippen LogP contribution in [0, 0.1) is 0 Å². The molecule has 2 nitrogen and oxygen atoms in total. The van der Waals surface area contributed by atoms with Gasteiger partial charge in [-0.05, 0) is 18.6 Å². The zero-order valence-electron chi connectivity index (χ0n) is 9.41. The molecular weight excluding hydrogens is 222 g/mol. The van der Waals surface area contributed by atoms with Crippen LogP contribution in [0.5, 0.6) is 0 Å². The minimum atomic E-state index is 0.0806. The Morgan fingerprint density at radius 1 is 1.38 bits per heavy atom. The molecule has 0 saturated heterocycles. The number of aryl methyl sites for hydroxylation is 1. The summed E-state index contributed by atoms with van der Waals surface area (Å²) in [4.78, 5) is 0. The first-order valence-electron chi connectivity index (χ1n) is 5.64. The van der Waals surface area contributed by atoms with Crippen LogP contribution in [-0.2, 0) is 13.2 Å². The van der Waals surface area contributed by atoms with Crippen LogP contribution in [0.4, 0.5) is 0 Å². The van der Waals surface area contributed by atoms with Crippen molar-refractivity contribution in [2.45, 2.75) is 32.9 Å². The standard InChI is InChI=1S/C13H16ClNO/c1-2-3-6-15-8-10(9-16)12-5-4-11(14)7-13(12)15/h4-5,7-8,16H,2-3,6,9H2,1H3. The van der Waals surface area contributed by atoms with Gasteiger partial charge in [0.15, 0.2) is 0 Å². The van der Waals surface area contributed by atoms with Crippen molar-refractivity contribution in [1.29, 1.82) is 0 Å². The van der Waals surface area contributed by atoms with Crippen LogP contribution < -0.4 is 0 Å². The van der Waals surface area contributed by atoms with Crippen molar-refractivity contribution < 1.29 is 5.11 Å². The van der Waals surface area contributed by atoms with Crippen LogP contribution in [0.15, 0.2) is 24.4 Å². The van der Waals surface area contributed by atoms with Gasteiger partial charge in [-0.2, -0.15) is 0 Å². The summed E-state index contributed by atoms with van der Waals surface area (Å²) < 4.78 is 2.18. The van der Waals surface area contributed by atoms with Crippen LogP contribution in [0.1, 0.15) is 25.3 Å². The number of aliphatic hydroxyl groups is 1. The fourth-order valence-electron chi connectivity index (χ4n) is 1.98. The van der Waals surface area contributed by atoms with Crippen LogP contribution in [0.25, 0.3) is 10.9 Å². The van der Waals surface area contributed by atoms with Gasteiger partial charge in [-0.3, -0.25) is 0 Å². The molecule has 1 aromatic heterocycles. The van der Waals surface area contributed by atoms with E-state index in [-0.39, 0.29) is 6.61 Å². The molecule has 2 rings (SSSR count). The van der Waals surface area contributed by atoms with E-state index in [9.17, 15) is 5.11 Å². The molecule has 1 aromatic carbocycles. The Kier molecular flexibility index (Phi) is 3.52. The van der Waals surface area contributed by atoms with E-state index in [1.165, 1.54) is 0 Å². The van der Waals surface area contributed by atoms with E-state index in [1.807, 2.05) is 24.4 Å². The molecule has 0 fully saturated rings. The highest BCUT2D eigenvalue weighted by molar-refractivity contribution is 6.31. The summed E-state index contributed by atoms with van der Waals surface area (Å²) in [6, 6.07) is 5.81. The van der Waals surface area contributed by atoms with Gasteiger partial charge in [0.05, 0.1) is 6.61 Å². The molecule has 0 aliphatic carbocycles. The second-order valence-electron chi connectivity index (χ2n) is 4.02. The van der Waals surface area contributed by atoms with Crippen molar-refractivity contribution in [2.75, 3.05) is 0 Å². The van der Waals surface area contributed by atoms with Gasteiger partial charge < -0.3 is 9.67 Å². The van der Waals surface area contributed by atoms with Crippen LogP contribution in [0.2, 0.25) is 5.02 Å². The number of fused-ring (bicyclic) bond motifs is 1. The van der Waals surface area contributed by atoms with Gasteiger partial charge in [-0.25, -0.2) is 0 Å². The molecule has 2 aromatic rings. The number of nitrogens with zero attached hydrogens (tertiary/aromatic N) is 1. The van der Waals surface area contributed by atoms with E-state index in [0.29, 0.717) is 0 Å². The average molecular weight is 238 g/mol. The summed E-state index contributed by atoms with van der Waals surface area (Å²) >= 11 is 6.00. The van der Waals surface area contributed by atoms with Gasteiger partial charge in [0.1, 0.15) is 0 Å². The summed E-state index contributed by atoms with van der Waals surface area (Å²) in [7, 11) is 0. The lowest BCUT2D eigenvalue weighted by Crippen LogP contribution is -1.95. The fourth-order valence-corrected chi connectivity index (χ4v) is 2.15. The molecule has 0 unspecified atom stereocenters. The molecular formula is C13H16ClNO. The second kappa shape index (κ2) is 4.89. The van der Waals surface area contributed by atoms with E-state index in [0.717, 1.165) is 40.9 Å². The molecule has 0 radical (unpaired) electrons. The van der Waals surface area contributed by atoms with Crippen molar-refractivity contribution in [3.05, 3.63) is 35.0 Å². The largest absolute Gasteiger partial charge is 0.392 e. The molecule has 0 atom stereocenters. The van der Waals surface area contributed by atoms with Gasteiger partial charge >= 0.3 is 0 Å². The van der Waals surface area contributed by atoms with Crippen molar-refractivity contribution in [3.63, 3.8) is 0 Å². The first kappa shape index (κ1) is 11.5. The van der Waals surface area contributed by atoms with Crippen molar-refractivity contribution in [2.24, 2.45) is 0 Å². The van der Waals surface area contributed by atoms with Gasteiger partial charge in [-0.1, -0.05) is 31.0 Å². The number of rotatable bonds is 4. The van der Waals surface area contributed by atoms with Gasteiger partial charge in [0, 0.05) is 34.2 Å². The van der Waals surface area contributed by atoms with Crippen LogP contribution in [0.3, 0.4) is 0 Å². The SMILES string of the molecule is CCCCn1cc(CO)c2ccc(Cl)cc21. The van der Waals surface area contributed by atoms with E-state index in [2.05, 4.69) is 11.5 Å². The highest BCUT2D eigenvalue weighted by atomic mass is 35.5.